The van der Waals surface area contributed by atoms with Crippen LogP contribution in [0.3, 0.4) is 0 Å². The number of hydrogen-bond acceptors (Lipinski definition) is 6. The second-order valence-corrected chi connectivity index (χ2v) is 10.00. The van der Waals surface area contributed by atoms with Crippen molar-refractivity contribution in [3.63, 3.8) is 0 Å². The molecule has 174 valence electrons. The van der Waals surface area contributed by atoms with E-state index in [1.807, 2.05) is 6.07 Å². The second kappa shape index (κ2) is 8.63. The van der Waals surface area contributed by atoms with Crippen molar-refractivity contribution in [1.82, 2.24) is 0 Å². The summed E-state index contributed by atoms with van der Waals surface area (Å²) in [5.41, 5.74) is 1.17. The fourth-order valence-corrected chi connectivity index (χ4v) is 5.47. The van der Waals surface area contributed by atoms with Gasteiger partial charge in [0, 0.05) is 13.0 Å². The van der Waals surface area contributed by atoms with Crippen LogP contribution in [0, 0.1) is 11.3 Å². The van der Waals surface area contributed by atoms with E-state index in [2.05, 4.69) is 4.72 Å². The van der Waals surface area contributed by atoms with Gasteiger partial charge >= 0.3 is 5.97 Å². The van der Waals surface area contributed by atoms with E-state index in [0.29, 0.717) is 12.1 Å². The van der Waals surface area contributed by atoms with Crippen molar-refractivity contribution in [2.24, 2.45) is 0 Å². The SMILES string of the molecule is COC(=O)c1ccc(C2CC2)c(S(=O)(=O)Nc2cc(C#N)ccc2N2CCCC(F)(F)C2)c1. The topological polar surface area (TPSA) is 99.5 Å². The van der Waals surface area contributed by atoms with Crippen LogP contribution in [0.25, 0.3) is 0 Å². The highest BCUT2D eigenvalue weighted by atomic mass is 32.2. The van der Waals surface area contributed by atoms with Crippen molar-refractivity contribution in [3.05, 3.63) is 53.1 Å². The average molecular weight is 476 g/mol. The summed E-state index contributed by atoms with van der Waals surface area (Å²) in [6.45, 7) is -0.208. The zero-order valence-electron chi connectivity index (χ0n) is 18.0. The third-order valence-electron chi connectivity index (χ3n) is 5.84. The molecule has 2 aromatic carbocycles. The molecule has 2 aromatic rings. The van der Waals surface area contributed by atoms with Crippen molar-refractivity contribution in [1.29, 1.82) is 5.26 Å². The van der Waals surface area contributed by atoms with Crippen LogP contribution in [0.4, 0.5) is 20.2 Å². The number of nitriles is 1. The maximum Gasteiger partial charge on any atom is 0.337 e. The minimum atomic E-state index is -4.21. The highest BCUT2D eigenvalue weighted by Gasteiger charge is 2.37. The maximum atomic E-state index is 14.0. The number of anilines is 2. The maximum absolute atomic E-state index is 14.0. The van der Waals surface area contributed by atoms with E-state index in [1.54, 1.807) is 6.07 Å². The van der Waals surface area contributed by atoms with E-state index in [1.165, 1.54) is 42.3 Å². The van der Waals surface area contributed by atoms with Gasteiger partial charge in [0.05, 0.1) is 47.1 Å². The third-order valence-corrected chi connectivity index (χ3v) is 7.27. The zero-order chi connectivity index (χ0) is 23.8. The van der Waals surface area contributed by atoms with Gasteiger partial charge in [0.25, 0.3) is 15.9 Å². The molecule has 0 bridgehead atoms. The first-order chi connectivity index (χ1) is 15.6. The molecule has 4 rings (SSSR count). The van der Waals surface area contributed by atoms with Gasteiger partial charge in [0.1, 0.15) is 0 Å². The summed E-state index contributed by atoms with van der Waals surface area (Å²) >= 11 is 0. The Morgan fingerprint density at radius 3 is 2.64 bits per heavy atom. The van der Waals surface area contributed by atoms with Crippen LogP contribution in [-0.4, -0.2) is 40.5 Å². The lowest BCUT2D eigenvalue weighted by Gasteiger charge is -2.35. The number of carbonyl (C=O) groups is 1. The van der Waals surface area contributed by atoms with Gasteiger partial charge in [-0.3, -0.25) is 4.72 Å². The Balaban J connectivity index is 1.76. The predicted molar refractivity (Wildman–Crippen MR) is 118 cm³/mol. The average Bonchev–Trinajstić information content (AvgIpc) is 3.62. The number of halogens is 2. The summed E-state index contributed by atoms with van der Waals surface area (Å²) in [7, 11) is -3.00. The van der Waals surface area contributed by atoms with Crippen molar-refractivity contribution in [3.8, 4) is 6.07 Å². The Labute approximate surface area is 191 Å². The van der Waals surface area contributed by atoms with E-state index >= 15 is 0 Å². The first kappa shape index (κ1) is 23.0. The Bertz CT molecular complexity index is 1240. The standard InChI is InChI=1S/C23H23F2N3O4S/c1-32-22(29)17-6-7-18(16-4-5-16)21(12-17)33(30,31)27-19-11-15(13-26)3-8-20(19)28-10-2-9-23(24,25)14-28/h3,6-8,11-12,16,27H,2,4-5,9-10,14H2,1H3. The number of alkyl halides is 2. The minimum Gasteiger partial charge on any atom is -0.465 e. The summed E-state index contributed by atoms with van der Waals surface area (Å²) < 4.78 is 62.2. The quantitative estimate of drug-likeness (QED) is 0.627. The Morgan fingerprint density at radius 1 is 1.24 bits per heavy atom. The van der Waals surface area contributed by atoms with Crippen LogP contribution < -0.4 is 9.62 Å². The van der Waals surface area contributed by atoms with Crippen LogP contribution in [0.1, 0.15) is 53.1 Å². The van der Waals surface area contributed by atoms with Crippen molar-refractivity contribution in [2.45, 2.75) is 42.4 Å². The molecule has 2 aliphatic rings. The van der Waals surface area contributed by atoms with Gasteiger partial charge in [-0.05, 0) is 61.1 Å². The third kappa shape index (κ3) is 4.93. The molecule has 2 fully saturated rings. The molecule has 33 heavy (non-hydrogen) atoms. The van der Waals surface area contributed by atoms with Crippen molar-refractivity contribution in [2.75, 3.05) is 29.8 Å². The predicted octanol–water partition coefficient (Wildman–Crippen LogP) is 4.26. The summed E-state index contributed by atoms with van der Waals surface area (Å²) in [6.07, 6.45) is 1.69. The molecule has 1 heterocycles. The van der Waals surface area contributed by atoms with Gasteiger partial charge in [0.2, 0.25) is 0 Å². The van der Waals surface area contributed by atoms with E-state index in [4.69, 9.17) is 4.74 Å². The number of carbonyl (C=O) groups excluding carboxylic acids is 1. The Kier molecular flexibility index (Phi) is 6.01. The number of nitrogens with zero attached hydrogens (tertiary/aromatic N) is 2. The monoisotopic (exact) mass is 475 g/mol. The van der Waals surface area contributed by atoms with Gasteiger partial charge in [0.15, 0.2) is 0 Å². The van der Waals surface area contributed by atoms with Gasteiger partial charge in [-0.2, -0.15) is 5.26 Å². The number of sulfonamides is 1. The van der Waals surface area contributed by atoms with E-state index < -0.39 is 28.5 Å². The van der Waals surface area contributed by atoms with Crippen LogP contribution in [0.15, 0.2) is 41.3 Å². The van der Waals surface area contributed by atoms with Crippen LogP contribution in [-0.2, 0) is 14.8 Å². The molecular weight excluding hydrogens is 452 g/mol. The molecular formula is C23H23F2N3O4S. The van der Waals surface area contributed by atoms with E-state index in [0.717, 1.165) is 12.8 Å². The van der Waals surface area contributed by atoms with Crippen LogP contribution in [0.5, 0.6) is 0 Å². The highest BCUT2D eigenvalue weighted by Crippen LogP contribution is 2.44. The summed E-state index contributed by atoms with van der Waals surface area (Å²) in [4.78, 5) is 13.4. The highest BCUT2D eigenvalue weighted by molar-refractivity contribution is 7.92. The molecule has 10 heteroatoms. The number of methoxy groups -OCH3 is 1. The Hall–Kier alpha value is -3.19. The molecule has 0 atom stereocenters. The van der Waals surface area contributed by atoms with Crippen LogP contribution >= 0.6 is 0 Å². The molecule has 1 saturated carbocycles. The molecule has 0 radical (unpaired) electrons. The summed E-state index contributed by atoms with van der Waals surface area (Å²) in [6, 6.07) is 10.6. The minimum absolute atomic E-state index is 0.0389. The number of rotatable bonds is 6. The molecule has 1 aliphatic carbocycles. The number of nitrogens with one attached hydrogen (secondary N) is 1. The van der Waals surface area contributed by atoms with Crippen molar-refractivity contribution < 1.29 is 26.7 Å². The fraction of sp³-hybridized carbons (Fsp3) is 0.391. The van der Waals surface area contributed by atoms with Gasteiger partial charge < -0.3 is 9.64 Å². The summed E-state index contributed by atoms with van der Waals surface area (Å²) in [5.74, 6) is -3.50. The molecule has 1 saturated heterocycles. The normalized spacial score (nSPS) is 17.8. The molecule has 1 aliphatic heterocycles. The van der Waals surface area contributed by atoms with Gasteiger partial charge in [-0.15, -0.1) is 0 Å². The molecule has 0 unspecified atom stereocenters. The second-order valence-electron chi connectivity index (χ2n) is 8.35. The van der Waals surface area contributed by atoms with Gasteiger partial charge in [-0.25, -0.2) is 22.0 Å². The molecule has 0 amide bonds. The fourth-order valence-electron chi connectivity index (χ4n) is 4.08. The largest absolute Gasteiger partial charge is 0.465 e. The Morgan fingerprint density at radius 2 is 2.00 bits per heavy atom. The first-order valence-corrected chi connectivity index (χ1v) is 12.0. The smallest absolute Gasteiger partial charge is 0.337 e. The molecule has 0 aromatic heterocycles. The van der Waals surface area contributed by atoms with E-state index in [9.17, 15) is 27.3 Å². The molecule has 7 nitrogen and oxygen atoms in total. The number of benzene rings is 2. The number of piperidine rings is 1. The lowest BCUT2D eigenvalue weighted by molar-refractivity contribution is -0.0116. The molecule has 0 spiro atoms. The number of hydrogen-bond donors (Lipinski definition) is 1. The van der Waals surface area contributed by atoms with Crippen LogP contribution in [0.2, 0.25) is 0 Å². The van der Waals surface area contributed by atoms with Crippen molar-refractivity contribution >= 4 is 27.4 Å². The van der Waals surface area contributed by atoms with Gasteiger partial charge in [-0.1, -0.05) is 6.07 Å². The first-order valence-electron chi connectivity index (χ1n) is 10.6. The summed E-state index contributed by atoms with van der Waals surface area (Å²) in [5, 5.41) is 9.30. The molecule has 1 N–H and O–H groups in total. The zero-order valence-corrected chi connectivity index (χ0v) is 18.8. The lowest BCUT2D eigenvalue weighted by atomic mass is 10.1. The number of esters is 1. The lowest BCUT2D eigenvalue weighted by Crippen LogP contribution is -2.43. The number of ether oxygens (including phenoxy) is 1. The van der Waals surface area contributed by atoms with E-state index in [-0.39, 0.29) is 46.2 Å².